The van der Waals surface area contributed by atoms with Crippen LogP contribution in [0.2, 0.25) is 10.2 Å². The fourth-order valence-electron chi connectivity index (χ4n) is 1.45. The van der Waals surface area contributed by atoms with Crippen molar-refractivity contribution in [3.8, 4) is 0 Å². The molecular weight excluding hydrogens is 323 g/mol. The number of hydrogen-bond acceptors (Lipinski definition) is 4. The standard InChI is InChI=1S/C12H14Cl2N2O3S/c1-6-3-9(13)8(11(14)15-6)4-20-5-10(12(18)19)16-7(2)17/h3,10H,4-5H2,1-2H3,(H,16,17)(H,18,19). The van der Waals surface area contributed by atoms with E-state index in [4.69, 9.17) is 28.3 Å². The third-order valence-electron chi connectivity index (χ3n) is 2.35. The van der Waals surface area contributed by atoms with Crippen molar-refractivity contribution in [1.29, 1.82) is 0 Å². The van der Waals surface area contributed by atoms with Gasteiger partial charge in [-0.3, -0.25) is 4.79 Å². The lowest BCUT2D eigenvalue weighted by molar-refractivity contribution is -0.140. The van der Waals surface area contributed by atoms with Crippen LogP contribution in [0.15, 0.2) is 6.07 Å². The molecule has 0 aliphatic heterocycles. The molecule has 1 aromatic heterocycles. The zero-order valence-electron chi connectivity index (χ0n) is 10.9. The molecule has 1 atom stereocenters. The van der Waals surface area contributed by atoms with Crippen LogP contribution in [-0.4, -0.2) is 33.8 Å². The summed E-state index contributed by atoms with van der Waals surface area (Å²) in [6.45, 7) is 3.06. The van der Waals surface area contributed by atoms with Crippen molar-refractivity contribution in [3.05, 3.63) is 27.5 Å². The van der Waals surface area contributed by atoms with Crippen molar-refractivity contribution in [2.45, 2.75) is 25.6 Å². The molecule has 1 amide bonds. The maximum atomic E-state index is 11.0. The predicted molar refractivity (Wildman–Crippen MR) is 80.4 cm³/mol. The normalized spacial score (nSPS) is 12.0. The molecule has 0 aliphatic carbocycles. The largest absolute Gasteiger partial charge is 0.480 e. The Bertz CT molecular complexity index is 502. The highest BCUT2D eigenvalue weighted by Gasteiger charge is 2.19. The van der Waals surface area contributed by atoms with E-state index >= 15 is 0 Å². The molecule has 0 saturated heterocycles. The van der Waals surface area contributed by atoms with Crippen LogP contribution in [0.1, 0.15) is 18.2 Å². The number of hydrogen-bond donors (Lipinski definition) is 2. The van der Waals surface area contributed by atoms with E-state index < -0.39 is 12.0 Å². The minimum absolute atomic E-state index is 0.218. The van der Waals surface area contributed by atoms with E-state index in [1.165, 1.54) is 18.7 Å². The van der Waals surface area contributed by atoms with E-state index in [1.807, 2.05) is 0 Å². The van der Waals surface area contributed by atoms with Crippen molar-refractivity contribution < 1.29 is 14.7 Å². The summed E-state index contributed by atoms with van der Waals surface area (Å²) in [5.74, 6) is -0.818. The van der Waals surface area contributed by atoms with Gasteiger partial charge in [0.1, 0.15) is 11.2 Å². The molecule has 0 fully saturated rings. The Kier molecular flexibility index (Phi) is 6.58. The molecular formula is C12H14Cl2N2O3S. The number of carbonyl (C=O) groups excluding carboxylic acids is 1. The van der Waals surface area contributed by atoms with Crippen LogP contribution in [0, 0.1) is 6.92 Å². The van der Waals surface area contributed by atoms with Gasteiger partial charge in [0.05, 0.1) is 0 Å². The summed E-state index contributed by atoms with van der Waals surface area (Å²) in [5.41, 5.74) is 1.38. The van der Waals surface area contributed by atoms with Crippen LogP contribution < -0.4 is 5.32 Å². The highest BCUT2D eigenvalue weighted by Crippen LogP contribution is 2.28. The smallest absolute Gasteiger partial charge is 0.327 e. The number of aliphatic carboxylic acids is 1. The molecule has 0 radical (unpaired) electrons. The summed E-state index contributed by atoms with van der Waals surface area (Å²) in [5, 5.41) is 12.2. The van der Waals surface area contributed by atoms with Crippen molar-refractivity contribution >= 4 is 46.8 Å². The SMILES string of the molecule is CC(=O)NC(CSCc1c(Cl)cc(C)nc1Cl)C(=O)O. The second-order valence-corrected chi connectivity index (χ2v) is 5.92. The van der Waals surface area contributed by atoms with Crippen molar-refractivity contribution in [3.63, 3.8) is 0 Å². The molecule has 1 rings (SSSR count). The third-order valence-corrected chi connectivity index (χ3v) is 4.07. The third kappa shape index (κ3) is 5.19. The Morgan fingerprint density at radius 1 is 1.50 bits per heavy atom. The van der Waals surface area contributed by atoms with Crippen LogP contribution in [0.25, 0.3) is 0 Å². The van der Waals surface area contributed by atoms with Crippen LogP contribution >= 0.6 is 35.0 Å². The van der Waals surface area contributed by atoms with Crippen LogP contribution in [-0.2, 0) is 15.3 Å². The van der Waals surface area contributed by atoms with Gasteiger partial charge in [-0.15, -0.1) is 0 Å². The average Bonchev–Trinajstić information content (AvgIpc) is 2.30. The molecule has 0 saturated carbocycles. The molecule has 110 valence electrons. The number of nitrogens with one attached hydrogen (secondary N) is 1. The van der Waals surface area contributed by atoms with Crippen molar-refractivity contribution in [2.24, 2.45) is 0 Å². The summed E-state index contributed by atoms with van der Waals surface area (Å²) in [7, 11) is 0. The van der Waals surface area contributed by atoms with Crippen LogP contribution in [0.3, 0.4) is 0 Å². The lowest BCUT2D eigenvalue weighted by Crippen LogP contribution is -2.41. The van der Waals surface area contributed by atoms with Gasteiger partial charge in [-0.1, -0.05) is 23.2 Å². The summed E-state index contributed by atoms with van der Waals surface area (Å²) >= 11 is 13.4. The summed E-state index contributed by atoms with van der Waals surface area (Å²) < 4.78 is 0. The molecule has 1 heterocycles. The van der Waals surface area contributed by atoms with E-state index in [0.717, 1.165) is 5.69 Å². The van der Waals surface area contributed by atoms with Gasteiger partial charge in [0.2, 0.25) is 5.91 Å². The average molecular weight is 337 g/mol. The number of carboxylic acids is 1. The van der Waals surface area contributed by atoms with E-state index in [1.54, 1.807) is 13.0 Å². The predicted octanol–water partition coefficient (Wildman–Crippen LogP) is 2.52. The molecule has 1 unspecified atom stereocenters. The van der Waals surface area contributed by atoms with Gasteiger partial charge in [0.25, 0.3) is 0 Å². The molecule has 0 aromatic carbocycles. The number of aromatic nitrogens is 1. The first-order valence-electron chi connectivity index (χ1n) is 5.70. The first-order valence-corrected chi connectivity index (χ1v) is 7.61. The second-order valence-electron chi connectivity index (χ2n) is 4.12. The number of thioether (sulfide) groups is 1. The number of rotatable bonds is 6. The zero-order chi connectivity index (χ0) is 15.3. The minimum Gasteiger partial charge on any atom is -0.480 e. The van der Waals surface area contributed by atoms with Gasteiger partial charge in [0, 0.05) is 34.7 Å². The number of amides is 1. The molecule has 8 heteroatoms. The van der Waals surface area contributed by atoms with Gasteiger partial charge in [-0.25, -0.2) is 9.78 Å². The maximum Gasteiger partial charge on any atom is 0.327 e. The quantitative estimate of drug-likeness (QED) is 0.780. The van der Waals surface area contributed by atoms with Crippen molar-refractivity contribution in [1.82, 2.24) is 10.3 Å². The first-order chi connectivity index (χ1) is 9.31. The molecule has 1 aromatic rings. The minimum atomic E-state index is -1.08. The molecule has 2 N–H and O–H groups in total. The highest BCUT2D eigenvalue weighted by molar-refractivity contribution is 7.98. The van der Waals surface area contributed by atoms with E-state index in [-0.39, 0.29) is 11.7 Å². The van der Waals surface area contributed by atoms with E-state index in [9.17, 15) is 9.59 Å². The Morgan fingerprint density at radius 3 is 2.65 bits per heavy atom. The summed E-state index contributed by atoms with van der Waals surface area (Å²) in [4.78, 5) is 26.0. The number of aryl methyl sites for hydroxylation is 1. The Hall–Kier alpha value is -0.980. The lowest BCUT2D eigenvalue weighted by Gasteiger charge is -2.13. The number of carboxylic acid groups (broad SMARTS) is 1. The number of halogens is 2. The molecule has 0 bridgehead atoms. The number of pyridine rings is 1. The number of nitrogens with zero attached hydrogens (tertiary/aromatic N) is 1. The monoisotopic (exact) mass is 336 g/mol. The fourth-order valence-corrected chi connectivity index (χ4v) is 3.35. The van der Waals surface area contributed by atoms with Gasteiger partial charge in [-0.2, -0.15) is 11.8 Å². The van der Waals surface area contributed by atoms with Gasteiger partial charge in [-0.05, 0) is 13.0 Å². The van der Waals surface area contributed by atoms with E-state index in [0.29, 0.717) is 21.5 Å². The highest BCUT2D eigenvalue weighted by atomic mass is 35.5. The lowest BCUT2D eigenvalue weighted by atomic mass is 10.3. The molecule has 0 spiro atoms. The van der Waals surface area contributed by atoms with Crippen molar-refractivity contribution in [2.75, 3.05) is 5.75 Å². The maximum absolute atomic E-state index is 11.0. The molecule has 0 aliphatic rings. The Morgan fingerprint density at radius 2 is 2.15 bits per heavy atom. The Balaban J connectivity index is 2.63. The van der Waals surface area contributed by atoms with Gasteiger partial charge in [0.15, 0.2) is 0 Å². The van der Waals surface area contributed by atoms with Crippen LogP contribution in [0.4, 0.5) is 0 Å². The van der Waals surface area contributed by atoms with Gasteiger partial charge >= 0.3 is 5.97 Å². The first kappa shape index (κ1) is 17.1. The zero-order valence-corrected chi connectivity index (χ0v) is 13.3. The summed E-state index contributed by atoms with van der Waals surface area (Å²) in [6.07, 6.45) is 0. The topological polar surface area (TPSA) is 79.3 Å². The molecule has 20 heavy (non-hydrogen) atoms. The second kappa shape index (κ2) is 7.71. The fraction of sp³-hybridized carbons (Fsp3) is 0.417. The van der Waals surface area contributed by atoms with E-state index in [2.05, 4.69) is 10.3 Å². The van der Waals surface area contributed by atoms with Gasteiger partial charge < -0.3 is 10.4 Å². The summed E-state index contributed by atoms with van der Waals surface area (Å²) in [6, 6.07) is 0.764. The Labute approximate surface area is 131 Å². The number of carbonyl (C=O) groups is 2. The molecule has 5 nitrogen and oxygen atoms in total. The van der Waals surface area contributed by atoms with Crippen LogP contribution in [0.5, 0.6) is 0 Å².